The third-order valence-corrected chi connectivity index (χ3v) is 3.20. The molecule has 0 saturated carbocycles. The summed E-state index contributed by atoms with van der Waals surface area (Å²) in [5, 5.41) is 0. The molecular formula is C4H7IN2S. The minimum absolute atomic E-state index is 0.936. The number of halogens is 1. The van der Waals surface area contributed by atoms with E-state index in [1.165, 1.54) is 0 Å². The first-order valence-electron chi connectivity index (χ1n) is 2.33. The molecule has 0 saturated heterocycles. The molecule has 0 amide bonds. The molecule has 1 aliphatic rings. The van der Waals surface area contributed by atoms with E-state index in [1.54, 1.807) is 0 Å². The fourth-order valence-electron chi connectivity index (χ4n) is 0.430. The van der Waals surface area contributed by atoms with E-state index in [0.29, 0.717) is 0 Å². The summed E-state index contributed by atoms with van der Waals surface area (Å²) >= 11 is 4.10. The molecule has 4 heteroatoms. The normalized spacial score (nSPS) is 20.8. The van der Waals surface area contributed by atoms with Crippen molar-refractivity contribution in [1.82, 2.24) is 3.11 Å². The molecule has 8 heavy (non-hydrogen) atoms. The molecule has 1 heterocycles. The summed E-state index contributed by atoms with van der Waals surface area (Å²) in [4.78, 5) is 4.21. The molecule has 1 rings (SSSR count). The van der Waals surface area contributed by atoms with Crippen molar-refractivity contribution in [3.63, 3.8) is 0 Å². The van der Waals surface area contributed by atoms with Crippen LogP contribution in [0.15, 0.2) is 4.99 Å². The lowest BCUT2D eigenvalue weighted by Gasteiger charge is -2.18. The lowest BCUT2D eigenvalue weighted by Crippen LogP contribution is -2.20. The predicted octanol–water partition coefficient (Wildman–Crippen LogP) is 1.72. The van der Waals surface area contributed by atoms with E-state index in [-0.39, 0.29) is 0 Å². The Balaban J connectivity index is 2.53. The molecule has 0 spiro atoms. The average molecular weight is 242 g/mol. The number of thioether (sulfide) groups is 1. The zero-order valence-corrected chi connectivity index (χ0v) is 7.57. The largest absolute Gasteiger partial charge is 0.293 e. The fraction of sp³-hybridized carbons (Fsp3) is 0.750. The Kier molecular flexibility index (Phi) is 2.43. The highest BCUT2D eigenvalue weighted by Crippen LogP contribution is 2.15. The Labute approximate surface area is 67.2 Å². The summed E-state index contributed by atoms with van der Waals surface area (Å²) in [5.41, 5.74) is 0. The van der Waals surface area contributed by atoms with Crippen molar-refractivity contribution in [2.45, 2.75) is 6.92 Å². The van der Waals surface area contributed by atoms with Gasteiger partial charge in [0.05, 0.1) is 34.6 Å². The van der Waals surface area contributed by atoms with Crippen molar-refractivity contribution in [2.24, 2.45) is 4.99 Å². The molecule has 0 aromatic heterocycles. The molecule has 0 aromatic carbocycles. The van der Waals surface area contributed by atoms with Crippen molar-refractivity contribution >= 4 is 40.5 Å². The van der Waals surface area contributed by atoms with Crippen molar-refractivity contribution in [3.05, 3.63) is 0 Å². The molecule has 0 aliphatic carbocycles. The quantitative estimate of drug-likeness (QED) is 0.474. The minimum atomic E-state index is 0.936. The summed E-state index contributed by atoms with van der Waals surface area (Å²) in [7, 11) is 0. The highest BCUT2D eigenvalue weighted by atomic mass is 127. The van der Waals surface area contributed by atoms with Gasteiger partial charge in [-0.05, 0) is 6.92 Å². The van der Waals surface area contributed by atoms with Gasteiger partial charge < -0.3 is 0 Å². The molecule has 0 fully saturated rings. The van der Waals surface area contributed by atoms with Crippen LogP contribution in [0.5, 0.6) is 0 Å². The van der Waals surface area contributed by atoms with Gasteiger partial charge in [0.2, 0.25) is 0 Å². The van der Waals surface area contributed by atoms with Crippen molar-refractivity contribution < 1.29 is 0 Å². The maximum Gasteiger partial charge on any atom is 0.106 e. The van der Waals surface area contributed by atoms with Gasteiger partial charge in [-0.25, -0.2) is 0 Å². The molecule has 0 aromatic rings. The van der Waals surface area contributed by atoms with Gasteiger partial charge in [-0.1, -0.05) is 0 Å². The SMILES string of the molecule is CC1=NCSCN1I. The van der Waals surface area contributed by atoms with Crippen LogP contribution in [0.4, 0.5) is 0 Å². The van der Waals surface area contributed by atoms with E-state index in [9.17, 15) is 0 Å². The van der Waals surface area contributed by atoms with Gasteiger partial charge in [0.25, 0.3) is 0 Å². The van der Waals surface area contributed by atoms with E-state index in [4.69, 9.17) is 0 Å². The topological polar surface area (TPSA) is 15.6 Å². The van der Waals surface area contributed by atoms with Crippen LogP contribution < -0.4 is 0 Å². The van der Waals surface area contributed by atoms with E-state index in [0.717, 1.165) is 17.6 Å². The van der Waals surface area contributed by atoms with Gasteiger partial charge >= 0.3 is 0 Å². The summed E-state index contributed by atoms with van der Waals surface area (Å²) in [6.45, 7) is 2.03. The monoisotopic (exact) mass is 242 g/mol. The first kappa shape index (κ1) is 6.67. The molecule has 0 radical (unpaired) electrons. The lowest BCUT2D eigenvalue weighted by atomic mass is 10.7. The van der Waals surface area contributed by atoms with Crippen LogP contribution in [0.2, 0.25) is 0 Å². The number of amidine groups is 1. The molecule has 0 bridgehead atoms. The van der Waals surface area contributed by atoms with Crippen LogP contribution in [-0.2, 0) is 0 Å². The van der Waals surface area contributed by atoms with E-state index in [1.807, 2.05) is 18.7 Å². The summed E-state index contributed by atoms with van der Waals surface area (Å²) < 4.78 is 2.12. The Morgan fingerprint density at radius 1 is 1.88 bits per heavy atom. The van der Waals surface area contributed by atoms with Crippen LogP contribution in [0.1, 0.15) is 6.92 Å². The molecule has 0 atom stereocenters. The van der Waals surface area contributed by atoms with Gasteiger partial charge in [-0.2, -0.15) is 0 Å². The van der Waals surface area contributed by atoms with E-state index < -0.39 is 0 Å². The standard InChI is InChI=1S/C4H7IN2S/c1-4-6-2-8-3-7(4)5/h2-3H2,1H3. The van der Waals surface area contributed by atoms with E-state index in [2.05, 4.69) is 31.0 Å². The number of nitrogens with zero attached hydrogens (tertiary/aromatic N) is 2. The van der Waals surface area contributed by atoms with Crippen LogP contribution in [0.25, 0.3) is 0 Å². The Hall–Kier alpha value is 0.550. The summed E-state index contributed by atoms with van der Waals surface area (Å²) in [6.07, 6.45) is 0. The molecule has 0 N–H and O–H groups in total. The third-order valence-electron chi connectivity index (χ3n) is 0.940. The summed E-state index contributed by atoms with van der Waals surface area (Å²) in [5.74, 6) is 3.16. The average Bonchev–Trinajstić information content (AvgIpc) is 1.77. The maximum absolute atomic E-state index is 4.21. The maximum atomic E-state index is 4.21. The lowest BCUT2D eigenvalue weighted by molar-refractivity contribution is 0.842. The molecule has 0 unspecified atom stereocenters. The zero-order chi connectivity index (χ0) is 5.98. The van der Waals surface area contributed by atoms with Crippen LogP contribution in [0.3, 0.4) is 0 Å². The van der Waals surface area contributed by atoms with Crippen LogP contribution in [0, 0.1) is 0 Å². The second-order valence-corrected chi connectivity index (χ2v) is 3.62. The Morgan fingerprint density at radius 3 is 3.00 bits per heavy atom. The van der Waals surface area contributed by atoms with E-state index >= 15 is 0 Å². The molecule has 46 valence electrons. The van der Waals surface area contributed by atoms with Gasteiger partial charge in [-0.3, -0.25) is 8.11 Å². The smallest absolute Gasteiger partial charge is 0.106 e. The molecule has 2 nitrogen and oxygen atoms in total. The number of hydrogen-bond acceptors (Lipinski definition) is 3. The van der Waals surface area contributed by atoms with Crippen molar-refractivity contribution in [2.75, 3.05) is 11.8 Å². The van der Waals surface area contributed by atoms with Gasteiger partial charge in [0.1, 0.15) is 5.84 Å². The van der Waals surface area contributed by atoms with Crippen molar-refractivity contribution in [1.29, 1.82) is 0 Å². The summed E-state index contributed by atoms with van der Waals surface area (Å²) in [6, 6.07) is 0. The van der Waals surface area contributed by atoms with Gasteiger partial charge in [0.15, 0.2) is 0 Å². The number of aliphatic imine (C=N–C) groups is 1. The first-order valence-corrected chi connectivity index (χ1v) is 4.45. The van der Waals surface area contributed by atoms with Crippen LogP contribution >= 0.6 is 34.6 Å². The van der Waals surface area contributed by atoms with Gasteiger partial charge in [0, 0.05) is 0 Å². The molecular weight excluding hydrogens is 235 g/mol. The highest BCUT2D eigenvalue weighted by molar-refractivity contribution is 14.1. The second-order valence-electron chi connectivity index (χ2n) is 1.53. The minimum Gasteiger partial charge on any atom is -0.293 e. The Morgan fingerprint density at radius 2 is 2.62 bits per heavy atom. The highest BCUT2D eigenvalue weighted by Gasteiger charge is 2.05. The van der Waals surface area contributed by atoms with Crippen LogP contribution in [-0.4, -0.2) is 20.7 Å². The predicted molar refractivity (Wildman–Crippen MR) is 46.3 cm³/mol. The van der Waals surface area contributed by atoms with Crippen molar-refractivity contribution in [3.8, 4) is 0 Å². The second kappa shape index (κ2) is 2.91. The fourth-order valence-corrected chi connectivity index (χ4v) is 1.88. The zero-order valence-electron chi connectivity index (χ0n) is 4.59. The number of rotatable bonds is 0. The molecule has 1 aliphatic heterocycles. The Bertz CT molecular complexity index is 115. The van der Waals surface area contributed by atoms with Gasteiger partial charge in [-0.15, -0.1) is 11.8 Å². The third kappa shape index (κ3) is 1.51. The first-order chi connectivity index (χ1) is 3.80. The number of hydrogen-bond donors (Lipinski definition) is 0.